The Morgan fingerprint density at radius 1 is 1.13 bits per heavy atom. The second-order valence-corrected chi connectivity index (χ2v) is 7.45. The molecule has 1 saturated heterocycles. The number of nitrogens with one attached hydrogen (secondary N) is 1. The van der Waals surface area contributed by atoms with E-state index in [9.17, 15) is 18.0 Å². The summed E-state index contributed by atoms with van der Waals surface area (Å²) in [5.74, 6) is 0.799. The average molecular weight is 437 g/mol. The first-order valence-electron chi connectivity index (χ1n) is 8.77. The van der Waals surface area contributed by atoms with Gasteiger partial charge in [-0.3, -0.25) is 4.79 Å². The maximum absolute atomic E-state index is 12.9. The lowest BCUT2D eigenvalue weighted by Gasteiger charge is -2.10. The first-order valence-corrected chi connectivity index (χ1v) is 9.65. The Morgan fingerprint density at radius 2 is 1.90 bits per heavy atom. The SMILES string of the molecule is COc1ccc(C=N/N=C2\NC(=O)C(Cc3cccc(C(F)(F)F)c3)S2)cc1OC. The summed E-state index contributed by atoms with van der Waals surface area (Å²) < 4.78 is 48.9. The Labute approximate surface area is 175 Å². The van der Waals surface area contributed by atoms with Gasteiger partial charge in [0.15, 0.2) is 16.7 Å². The minimum Gasteiger partial charge on any atom is -0.493 e. The number of hydrogen-bond donors (Lipinski definition) is 1. The van der Waals surface area contributed by atoms with E-state index in [-0.39, 0.29) is 17.5 Å². The van der Waals surface area contributed by atoms with Crippen LogP contribution in [0.5, 0.6) is 11.5 Å². The molecule has 2 aromatic carbocycles. The van der Waals surface area contributed by atoms with Gasteiger partial charge in [0, 0.05) is 0 Å². The highest BCUT2D eigenvalue weighted by Gasteiger charge is 2.33. The predicted octanol–water partition coefficient (Wildman–Crippen LogP) is 3.89. The molecule has 1 aliphatic rings. The largest absolute Gasteiger partial charge is 0.493 e. The van der Waals surface area contributed by atoms with E-state index in [0.29, 0.717) is 22.6 Å². The number of alkyl halides is 3. The van der Waals surface area contributed by atoms with E-state index in [0.717, 1.165) is 23.9 Å². The fraction of sp³-hybridized carbons (Fsp3) is 0.250. The molecular formula is C20H18F3N3O3S. The molecule has 158 valence electrons. The smallest absolute Gasteiger partial charge is 0.416 e. The van der Waals surface area contributed by atoms with E-state index in [1.54, 1.807) is 24.3 Å². The van der Waals surface area contributed by atoms with Crippen LogP contribution in [-0.2, 0) is 17.4 Å². The van der Waals surface area contributed by atoms with E-state index in [4.69, 9.17) is 9.47 Å². The van der Waals surface area contributed by atoms with E-state index < -0.39 is 17.0 Å². The zero-order valence-electron chi connectivity index (χ0n) is 16.1. The number of carbonyl (C=O) groups excluding carboxylic acids is 1. The molecule has 0 radical (unpaired) electrons. The Bertz CT molecular complexity index is 993. The van der Waals surface area contributed by atoms with Crippen molar-refractivity contribution < 1.29 is 27.4 Å². The maximum atomic E-state index is 12.9. The van der Waals surface area contributed by atoms with E-state index >= 15 is 0 Å². The van der Waals surface area contributed by atoms with Gasteiger partial charge in [-0.25, -0.2) is 0 Å². The summed E-state index contributed by atoms with van der Waals surface area (Å²) in [5.41, 5.74) is 0.399. The molecule has 30 heavy (non-hydrogen) atoms. The average Bonchev–Trinajstić information content (AvgIpc) is 3.06. The summed E-state index contributed by atoms with van der Waals surface area (Å²) in [6.45, 7) is 0. The quantitative estimate of drug-likeness (QED) is 0.550. The van der Waals surface area contributed by atoms with Crippen LogP contribution in [0.25, 0.3) is 0 Å². The monoisotopic (exact) mass is 437 g/mol. The van der Waals surface area contributed by atoms with Gasteiger partial charge in [-0.2, -0.15) is 18.3 Å². The highest BCUT2D eigenvalue weighted by atomic mass is 32.2. The maximum Gasteiger partial charge on any atom is 0.416 e. The number of rotatable bonds is 6. The first-order chi connectivity index (χ1) is 14.3. The van der Waals surface area contributed by atoms with Crippen LogP contribution < -0.4 is 14.8 Å². The summed E-state index contributed by atoms with van der Waals surface area (Å²) in [4.78, 5) is 12.1. The molecule has 1 heterocycles. The Morgan fingerprint density at radius 3 is 2.60 bits per heavy atom. The van der Waals surface area contributed by atoms with Crippen LogP contribution in [0.1, 0.15) is 16.7 Å². The molecular weight excluding hydrogens is 419 g/mol. The van der Waals surface area contributed by atoms with Crippen LogP contribution in [0.15, 0.2) is 52.7 Å². The van der Waals surface area contributed by atoms with Gasteiger partial charge in [-0.15, -0.1) is 5.10 Å². The van der Waals surface area contributed by atoms with Crippen LogP contribution in [0.4, 0.5) is 13.2 Å². The van der Waals surface area contributed by atoms with Crippen LogP contribution in [0.3, 0.4) is 0 Å². The zero-order chi connectivity index (χ0) is 21.7. The number of amidine groups is 1. The Balaban J connectivity index is 1.66. The number of nitrogens with zero attached hydrogens (tertiary/aromatic N) is 2. The zero-order valence-corrected chi connectivity index (χ0v) is 16.9. The number of ether oxygens (including phenoxy) is 2. The van der Waals surface area contributed by atoms with Crippen molar-refractivity contribution in [2.24, 2.45) is 10.2 Å². The third-order valence-corrected chi connectivity index (χ3v) is 5.29. The summed E-state index contributed by atoms with van der Waals surface area (Å²) in [7, 11) is 3.06. The van der Waals surface area contributed by atoms with Gasteiger partial charge in [0.05, 0.1) is 31.2 Å². The lowest BCUT2D eigenvalue weighted by molar-refractivity contribution is -0.137. The topological polar surface area (TPSA) is 72.3 Å². The number of thioether (sulfide) groups is 1. The lowest BCUT2D eigenvalue weighted by Crippen LogP contribution is -2.26. The molecule has 0 spiro atoms. The molecule has 6 nitrogen and oxygen atoms in total. The lowest BCUT2D eigenvalue weighted by atomic mass is 10.1. The number of halogens is 3. The highest BCUT2D eigenvalue weighted by molar-refractivity contribution is 8.15. The molecule has 3 rings (SSSR count). The summed E-state index contributed by atoms with van der Waals surface area (Å²) >= 11 is 1.13. The van der Waals surface area contributed by atoms with Crippen molar-refractivity contribution in [2.45, 2.75) is 17.8 Å². The number of methoxy groups -OCH3 is 2. The molecule has 2 aromatic rings. The molecule has 1 N–H and O–H groups in total. The molecule has 0 saturated carbocycles. The van der Waals surface area contributed by atoms with E-state index in [1.807, 2.05) is 0 Å². The van der Waals surface area contributed by atoms with Gasteiger partial charge < -0.3 is 14.8 Å². The van der Waals surface area contributed by atoms with Crippen molar-refractivity contribution in [3.05, 3.63) is 59.2 Å². The predicted molar refractivity (Wildman–Crippen MR) is 109 cm³/mol. The molecule has 1 unspecified atom stereocenters. The van der Waals surface area contributed by atoms with Gasteiger partial charge in [0.1, 0.15) is 0 Å². The summed E-state index contributed by atoms with van der Waals surface area (Å²) in [6, 6.07) is 10.2. The molecule has 1 aliphatic heterocycles. The number of amides is 1. The van der Waals surface area contributed by atoms with Gasteiger partial charge in [0.2, 0.25) is 5.91 Å². The van der Waals surface area contributed by atoms with Crippen molar-refractivity contribution in [1.82, 2.24) is 5.32 Å². The fourth-order valence-electron chi connectivity index (χ4n) is 2.76. The number of carbonyl (C=O) groups is 1. The molecule has 0 aliphatic carbocycles. The number of hydrogen-bond acceptors (Lipinski definition) is 6. The Hall–Kier alpha value is -3.01. The van der Waals surface area contributed by atoms with E-state index in [2.05, 4.69) is 15.5 Å². The molecule has 0 aromatic heterocycles. The van der Waals surface area contributed by atoms with Crippen LogP contribution in [-0.4, -0.2) is 36.8 Å². The first kappa shape index (κ1) is 21.7. The summed E-state index contributed by atoms with van der Waals surface area (Å²) in [5, 5.41) is 10.2. The fourth-order valence-corrected chi connectivity index (χ4v) is 3.72. The van der Waals surface area contributed by atoms with Crippen LogP contribution in [0.2, 0.25) is 0 Å². The highest BCUT2D eigenvalue weighted by Crippen LogP contribution is 2.31. The van der Waals surface area contributed by atoms with Crippen LogP contribution in [0, 0.1) is 0 Å². The van der Waals surface area contributed by atoms with E-state index in [1.165, 1.54) is 26.5 Å². The van der Waals surface area contributed by atoms with Crippen molar-refractivity contribution >= 4 is 29.1 Å². The minimum atomic E-state index is -4.42. The molecule has 1 atom stereocenters. The third-order valence-electron chi connectivity index (χ3n) is 4.21. The van der Waals surface area contributed by atoms with Crippen molar-refractivity contribution in [3.63, 3.8) is 0 Å². The van der Waals surface area contributed by atoms with Crippen molar-refractivity contribution in [3.8, 4) is 11.5 Å². The molecule has 1 fully saturated rings. The van der Waals surface area contributed by atoms with Gasteiger partial charge in [0.25, 0.3) is 0 Å². The Kier molecular flexibility index (Phi) is 6.66. The van der Waals surface area contributed by atoms with Gasteiger partial charge in [-0.1, -0.05) is 30.0 Å². The minimum absolute atomic E-state index is 0.152. The molecule has 1 amide bonds. The van der Waals surface area contributed by atoms with Crippen molar-refractivity contribution in [2.75, 3.05) is 14.2 Å². The molecule has 0 bridgehead atoms. The van der Waals surface area contributed by atoms with Crippen LogP contribution >= 0.6 is 11.8 Å². The van der Waals surface area contributed by atoms with Gasteiger partial charge >= 0.3 is 6.18 Å². The normalized spacial score (nSPS) is 18.1. The number of benzene rings is 2. The third kappa shape index (κ3) is 5.32. The van der Waals surface area contributed by atoms with Crippen molar-refractivity contribution in [1.29, 1.82) is 0 Å². The van der Waals surface area contributed by atoms with Gasteiger partial charge in [-0.05, 0) is 41.8 Å². The second-order valence-electron chi connectivity index (χ2n) is 6.26. The standard InChI is InChI=1S/C20H18F3N3O3S/c1-28-15-7-6-13(9-16(15)29-2)11-24-26-19-25-18(27)17(30-19)10-12-4-3-5-14(8-12)20(21,22)23/h3-9,11,17H,10H2,1-2H3,(H,25,26,27). The summed E-state index contributed by atoms with van der Waals surface area (Å²) in [6.07, 6.45) is -2.78. The molecule has 10 heteroatoms. The second kappa shape index (κ2) is 9.21.